The first kappa shape index (κ1) is 31.4. The van der Waals surface area contributed by atoms with Gasteiger partial charge >= 0.3 is 18.0 Å². The van der Waals surface area contributed by atoms with Gasteiger partial charge in [0.05, 0.1) is 19.5 Å². The van der Waals surface area contributed by atoms with E-state index in [1.165, 1.54) is 27.9 Å². The van der Waals surface area contributed by atoms with Crippen molar-refractivity contribution in [2.75, 3.05) is 36.9 Å². The van der Waals surface area contributed by atoms with E-state index in [2.05, 4.69) is 26.2 Å². The Bertz CT molecular complexity index is 1530. The van der Waals surface area contributed by atoms with E-state index in [4.69, 9.17) is 33.2 Å². The summed E-state index contributed by atoms with van der Waals surface area (Å²) in [4.78, 5) is 50.1. The Labute approximate surface area is 249 Å². The van der Waals surface area contributed by atoms with Crippen molar-refractivity contribution in [3.8, 4) is 12.3 Å². The molecule has 0 aliphatic carbocycles. The highest BCUT2D eigenvalue weighted by atomic mass is 35.5. The van der Waals surface area contributed by atoms with Gasteiger partial charge in [-0.05, 0) is 35.7 Å². The number of nitrogens with zero attached hydrogens (tertiary/aromatic N) is 5. The number of carboxylic acid groups (broad SMARTS) is 2. The number of aliphatic carboxylic acids is 2. The summed E-state index contributed by atoms with van der Waals surface area (Å²) in [5, 5.41) is 43.0. The molecule has 3 heterocycles. The van der Waals surface area contributed by atoms with Gasteiger partial charge in [-0.3, -0.25) is 9.47 Å². The van der Waals surface area contributed by atoms with E-state index in [0.717, 1.165) is 6.42 Å². The molecule has 0 radical (unpaired) electrons. The summed E-state index contributed by atoms with van der Waals surface area (Å²) in [6.45, 7) is -0.496. The van der Waals surface area contributed by atoms with Gasteiger partial charge in [0.2, 0.25) is 5.28 Å². The van der Waals surface area contributed by atoms with Gasteiger partial charge in [-0.1, -0.05) is 18.1 Å². The maximum atomic E-state index is 12.3. The minimum Gasteiger partial charge on any atom is -0.479 e. The van der Waals surface area contributed by atoms with E-state index in [1.54, 1.807) is 12.1 Å². The zero-order chi connectivity index (χ0) is 31.3. The van der Waals surface area contributed by atoms with Gasteiger partial charge in [-0.2, -0.15) is 9.97 Å². The number of imidazole rings is 1. The van der Waals surface area contributed by atoms with Gasteiger partial charge in [0, 0.05) is 25.2 Å². The lowest BCUT2D eigenvalue weighted by atomic mass is 9.94. The molecule has 17 heteroatoms. The molecular weight excluding hydrogens is 590 g/mol. The van der Waals surface area contributed by atoms with Crippen molar-refractivity contribution < 1.29 is 44.3 Å². The Morgan fingerprint density at radius 2 is 1.93 bits per heavy atom. The number of benzene rings is 1. The van der Waals surface area contributed by atoms with Gasteiger partial charge < -0.3 is 41.0 Å². The monoisotopic (exact) mass is 617 g/mol. The fraction of sp³-hybridized carbons (Fsp3) is 0.385. The Balaban J connectivity index is 1.55. The normalized spacial score (nSPS) is 15.9. The average molecular weight is 618 g/mol. The number of halogens is 1. The van der Waals surface area contributed by atoms with Crippen LogP contribution in [-0.4, -0.2) is 102 Å². The standard InChI is InChI=1S/C26H28ClN7O9/c1-2-17(36)21(34-13-30-18-19(28)31-24(27)32-20(18)34)43-16(11-35)12-42-26(22(37)38,23(39)40)10-14-4-6-15(7-5-14)33-9-3-8-29-25(33)41/h1,4-7,13,16-17,21,35-36H,3,8-12H2,(H,29,41)(H,37,38)(H,39,40)(H2,28,31,32)/t16-,17+,21+/m0/s1. The van der Waals surface area contributed by atoms with Crippen molar-refractivity contribution in [3.05, 3.63) is 41.4 Å². The lowest BCUT2D eigenvalue weighted by Crippen LogP contribution is -2.52. The van der Waals surface area contributed by atoms with Crippen LogP contribution in [0.5, 0.6) is 0 Å². The van der Waals surface area contributed by atoms with E-state index in [-0.39, 0.29) is 33.9 Å². The first-order valence-electron chi connectivity index (χ1n) is 12.8. The lowest BCUT2D eigenvalue weighted by molar-refractivity contribution is -0.195. The number of carboxylic acids is 2. The quantitative estimate of drug-likeness (QED) is 0.0843. The predicted octanol–water partition coefficient (Wildman–Crippen LogP) is 0.0191. The largest absolute Gasteiger partial charge is 0.479 e. The summed E-state index contributed by atoms with van der Waals surface area (Å²) < 4.78 is 12.4. The number of amides is 2. The number of terminal acetylenes is 1. The highest BCUT2D eigenvalue weighted by molar-refractivity contribution is 6.28. The number of fused-ring (bicyclic) bond motifs is 1. The fourth-order valence-corrected chi connectivity index (χ4v) is 4.58. The number of carbonyl (C=O) groups excluding carboxylic acids is 1. The van der Waals surface area contributed by atoms with Crippen molar-refractivity contribution in [1.82, 2.24) is 24.8 Å². The van der Waals surface area contributed by atoms with Crippen LogP contribution in [0.15, 0.2) is 30.6 Å². The molecule has 43 heavy (non-hydrogen) atoms. The molecule has 4 rings (SSSR count). The van der Waals surface area contributed by atoms with Crippen LogP contribution in [0.25, 0.3) is 11.2 Å². The van der Waals surface area contributed by atoms with Crippen molar-refractivity contribution in [2.45, 2.75) is 36.9 Å². The number of carbonyl (C=O) groups is 3. The first-order chi connectivity index (χ1) is 20.5. The summed E-state index contributed by atoms with van der Waals surface area (Å²) in [6, 6.07) is 5.84. The molecule has 0 unspecified atom stereocenters. The molecule has 2 amide bonds. The number of urea groups is 1. The number of nitrogens with one attached hydrogen (secondary N) is 1. The fourth-order valence-electron chi connectivity index (χ4n) is 4.41. The third-order valence-electron chi connectivity index (χ3n) is 6.66. The van der Waals surface area contributed by atoms with Gasteiger partial charge in [-0.25, -0.2) is 19.4 Å². The van der Waals surface area contributed by atoms with Crippen LogP contribution < -0.4 is 16.0 Å². The summed E-state index contributed by atoms with van der Waals surface area (Å²) in [7, 11) is 0. The van der Waals surface area contributed by atoms with Gasteiger partial charge in [0.25, 0.3) is 5.60 Å². The maximum Gasteiger partial charge on any atom is 0.348 e. The number of aliphatic hydroxyl groups is 2. The van der Waals surface area contributed by atoms with Crippen LogP contribution in [0.2, 0.25) is 5.28 Å². The molecule has 16 nitrogen and oxygen atoms in total. The second kappa shape index (κ2) is 13.2. The van der Waals surface area contributed by atoms with Crippen LogP contribution >= 0.6 is 11.6 Å². The maximum absolute atomic E-state index is 12.3. The van der Waals surface area contributed by atoms with Gasteiger partial charge in [0.15, 0.2) is 23.8 Å². The third-order valence-corrected chi connectivity index (χ3v) is 6.83. The second-order valence-corrected chi connectivity index (χ2v) is 9.81. The molecule has 0 bridgehead atoms. The van der Waals surface area contributed by atoms with Crippen molar-refractivity contribution >= 4 is 52.2 Å². The molecule has 1 aliphatic rings. The first-order valence-corrected chi connectivity index (χ1v) is 13.2. The van der Waals surface area contributed by atoms with Crippen LogP contribution in [0.4, 0.5) is 16.3 Å². The summed E-state index contributed by atoms with van der Waals surface area (Å²) in [6.07, 6.45) is 2.21. The molecule has 228 valence electrons. The van der Waals surface area contributed by atoms with Crippen molar-refractivity contribution in [3.63, 3.8) is 0 Å². The summed E-state index contributed by atoms with van der Waals surface area (Å²) in [5.74, 6) is -1.59. The molecule has 1 aliphatic heterocycles. The smallest absolute Gasteiger partial charge is 0.348 e. The summed E-state index contributed by atoms with van der Waals surface area (Å²) >= 11 is 5.91. The lowest BCUT2D eigenvalue weighted by Gasteiger charge is -2.30. The molecule has 2 aromatic heterocycles. The number of ether oxygens (including phenoxy) is 2. The van der Waals surface area contributed by atoms with Crippen molar-refractivity contribution in [2.24, 2.45) is 0 Å². The topological polar surface area (TPSA) is 235 Å². The number of nitrogens with two attached hydrogens (primary N) is 1. The Hall–Kier alpha value is -4.53. The Kier molecular flexibility index (Phi) is 9.63. The predicted molar refractivity (Wildman–Crippen MR) is 150 cm³/mol. The third kappa shape index (κ3) is 6.61. The number of hydrogen-bond acceptors (Lipinski definition) is 11. The highest BCUT2D eigenvalue weighted by Crippen LogP contribution is 2.27. The van der Waals surface area contributed by atoms with Crippen LogP contribution in [0.3, 0.4) is 0 Å². The highest BCUT2D eigenvalue weighted by Gasteiger charge is 2.49. The van der Waals surface area contributed by atoms with E-state index < -0.39 is 55.6 Å². The van der Waals surface area contributed by atoms with Crippen molar-refractivity contribution in [1.29, 1.82) is 0 Å². The molecule has 3 atom stereocenters. The number of aromatic nitrogens is 4. The molecule has 7 N–H and O–H groups in total. The minimum absolute atomic E-state index is 0.0327. The Morgan fingerprint density at radius 1 is 1.23 bits per heavy atom. The van der Waals surface area contributed by atoms with Crippen LogP contribution in [-0.2, 0) is 25.5 Å². The molecule has 1 fully saturated rings. The number of anilines is 2. The average Bonchev–Trinajstić information content (AvgIpc) is 3.40. The number of hydrogen-bond donors (Lipinski definition) is 6. The number of rotatable bonds is 13. The van der Waals surface area contributed by atoms with Crippen LogP contribution in [0.1, 0.15) is 18.2 Å². The van der Waals surface area contributed by atoms with Crippen LogP contribution in [0, 0.1) is 12.3 Å². The zero-order valence-corrected chi connectivity index (χ0v) is 23.2. The van der Waals surface area contributed by atoms with E-state index >= 15 is 0 Å². The second-order valence-electron chi connectivity index (χ2n) is 9.47. The molecule has 3 aromatic rings. The van der Waals surface area contributed by atoms with Gasteiger partial charge in [-0.15, -0.1) is 6.42 Å². The zero-order valence-electron chi connectivity index (χ0n) is 22.5. The molecule has 1 saturated heterocycles. The number of aliphatic hydroxyl groups excluding tert-OH is 2. The molecule has 0 spiro atoms. The molecule has 0 saturated carbocycles. The summed E-state index contributed by atoms with van der Waals surface area (Å²) in [5.41, 5.74) is 4.01. The Morgan fingerprint density at radius 3 is 2.53 bits per heavy atom. The van der Waals surface area contributed by atoms with Gasteiger partial charge in [0.1, 0.15) is 11.6 Å². The SMILES string of the molecule is C#C[C@@H](O)[C@@H](O[C@@H](CO)COC(Cc1ccc(N2CCCNC2=O)cc1)(C(=O)O)C(=O)O)n1cnc2c(N)nc(Cl)nc21. The van der Waals surface area contributed by atoms with E-state index in [0.29, 0.717) is 18.8 Å². The minimum atomic E-state index is -2.79. The molecular formula is C26H28ClN7O9. The van der Waals surface area contributed by atoms with E-state index in [1.807, 2.05) is 0 Å². The number of nitrogen functional groups attached to an aromatic ring is 1. The van der Waals surface area contributed by atoms with E-state index in [9.17, 15) is 34.8 Å². The molecule has 1 aromatic carbocycles.